The predicted molar refractivity (Wildman–Crippen MR) is 112 cm³/mol. The van der Waals surface area contributed by atoms with Gasteiger partial charge >= 0.3 is 6.18 Å². The molecule has 29 heavy (non-hydrogen) atoms. The summed E-state index contributed by atoms with van der Waals surface area (Å²) in [6.07, 6.45) is -4.35. The second-order valence-electron chi connectivity index (χ2n) is 6.20. The van der Waals surface area contributed by atoms with Crippen molar-refractivity contribution in [3.8, 4) is 0 Å². The average molecular weight is 457 g/mol. The number of para-hydroxylation sites is 1. The number of carbonyl (C=O) groups excluding carboxylic acids is 1. The van der Waals surface area contributed by atoms with E-state index in [9.17, 15) is 18.0 Å². The SMILES string of the molecule is Cc1ccccc1NC(=O)Cc1nc(CSc2ccc(Cl)c(C(F)(F)F)c2)cs1. The number of aromatic nitrogens is 1. The van der Waals surface area contributed by atoms with Gasteiger partial charge in [0.2, 0.25) is 5.91 Å². The van der Waals surface area contributed by atoms with Gasteiger partial charge in [-0.2, -0.15) is 13.2 Å². The van der Waals surface area contributed by atoms with E-state index in [4.69, 9.17) is 11.6 Å². The highest BCUT2D eigenvalue weighted by Gasteiger charge is 2.33. The van der Waals surface area contributed by atoms with Crippen LogP contribution >= 0.6 is 34.7 Å². The van der Waals surface area contributed by atoms with Gasteiger partial charge in [-0.05, 0) is 36.8 Å². The first-order valence-electron chi connectivity index (χ1n) is 8.50. The number of amides is 1. The number of rotatable bonds is 6. The number of hydrogen-bond donors (Lipinski definition) is 1. The maximum Gasteiger partial charge on any atom is 0.417 e. The lowest BCUT2D eigenvalue weighted by molar-refractivity contribution is -0.137. The van der Waals surface area contributed by atoms with Crippen LogP contribution in [0.15, 0.2) is 52.7 Å². The summed E-state index contributed by atoms with van der Waals surface area (Å²) in [7, 11) is 0. The molecular weight excluding hydrogens is 441 g/mol. The summed E-state index contributed by atoms with van der Waals surface area (Å²) < 4.78 is 38.9. The van der Waals surface area contributed by atoms with E-state index in [1.165, 1.54) is 29.2 Å². The van der Waals surface area contributed by atoms with Gasteiger partial charge in [0, 0.05) is 21.7 Å². The summed E-state index contributed by atoms with van der Waals surface area (Å²) in [5, 5.41) is 4.99. The van der Waals surface area contributed by atoms with E-state index in [2.05, 4.69) is 10.3 Å². The molecule has 0 aliphatic heterocycles. The fourth-order valence-electron chi connectivity index (χ4n) is 2.51. The van der Waals surface area contributed by atoms with Crippen LogP contribution in [0.5, 0.6) is 0 Å². The molecule has 0 saturated heterocycles. The third-order valence-electron chi connectivity index (χ3n) is 3.96. The number of nitrogens with zero attached hydrogens (tertiary/aromatic N) is 1. The van der Waals surface area contributed by atoms with Gasteiger partial charge in [0.05, 0.1) is 22.7 Å². The fraction of sp³-hybridized carbons (Fsp3) is 0.200. The van der Waals surface area contributed by atoms with Gasteiger partial charge in [-0.1, -0.05) is 29.8 Å². The molecule has 0 fully saturated rings. The van der Waals surface area contributed by atoms with Crippen LogP contribution < -0.4 is 5.32 Å². The number of benzene rings is 2. The first-order chi connectivity index (χ1) is 13.7. The van der Waals surface area contributed by atoms with Crippen molar-refractivity contribution in [3.05, 3.63) is 74.7 Å². The Labute approximate surface area is 179 Å². The highest BCUT2D eigenvalue weighted by Crippen LogP contribution is 2.37. The van der Waals surface area contributed by atoms with E-state index in [1.807, 2.05) is 36.6 Å². The van der Waals surface area contributed by atoms with Crippen LogP contribution in [0.2, 0.25) is 5.02 Å². The van der Waals surface area contributed by atoms with Gasteiger partial charge in [-0.25, -0.2) is 4.98 Å². The van der Waals surface area contributed by atoms with Gasteiger partial charge in [-0.15, -0.1) is 23.1 Å². The minimum atomic E-state index is -4.49. The molecule has 0 radical (unpaired) electrons. The molecule has 0 saturated carbocycles. The van der Waals surface area contributed by atoms with E-state index >= 15 is 0 Å². The van der Waals surface area contributed by atoms with Crippen molar-refractivity contribution >= 4 is 46.3 Å². The van der Waals surface area contributed by atoms with Crippen LogP contribution in [0.3, 0.4) is 0 Å². The number of thioether (sulfide) groups is 1. The molecule has 0 atom stereocenters. The Hall–Kier alpha value is -2.03. The quantitative estimate of drug-likeness (QED) is 0.425. The van der Waals surface area contributed by atoms with Crippen molar-refractivity contribution in [2.45, 2.75) is 30.2 Å². The van der Waals surface area contributed by atoms with Crippen molar-refractivity contribution < 1.29 is 18.0 Å². The molecule has 1 amide bonds. The van der Waals surface area contributed by atoms with Crippen molar-refractivity contribution in [2.75, 3.05) is 5.32 Å². The van der Waals surface area contributed by atoms with Gasteiger partial charge in [0.25, 0.3) is 0 Å². The number of anilines is 1. The summed E-state index contributed by atoms with van der Waals surface area (Å²) in [6, 6.07) is 11.3. The standard InChI is InChI=1S/C20H16ClF3N2OS2/c1-12-4-2-3-5-17(12)26-18(27)9-19-25-13(11-29-19)10-28-14-6-7-16(21)15(8-14)20(22,23)24/h2-8,11H,9-10H2,1H3,(H,26,27). The maximum atomic E-state index is 13.0. The van der Waals surface area contributed by atoms with Crippen LogP contribution in [-0.2, 0) is 23.1 Å². The largest absolute Gasteiger partial charge is 0.417 e. The lowest BCUT2D eigenvalue weighted by atomic mass is 10.2. The molecule has 3 nitrogen and oxygen atoms in total. The lowest BCUT2D eigenvalue weighted by Crippen LogP contribution is -2.15. The van der Waals surface area contributed by atoms with Crippen LogP contribution in [0.4, 0.5) is 18.9 Å². The molecule has 0 spiro atoms. The third kappa shape index (κ3) is 5.98. The molecule has 9 heteroatoms. The molecule has 0 aliphatic carbocycles. The molecular formula is C20H16ClF3N2OS2. The van der Waals surface area contributed by atoms with Crippen LogP contribution in [0, 0.1) is 6.92 Å². The average Bonchev–Trinajstić information content (AvgIpc) is 3.09. The topological polar surface area (TPSA) is 42.0 Å². The summed E-state index contributed by atoms with van der Waals surface area (Å²) in [4.78, 5) is 17.1. The third-order valence-corrected chi connectivity index (χ3v) is 6.21. The zero-order valence-corrected chi connectivity index (χ0v) is 17.6. The molecule has 1 aromatic heterocycles. The molecule has 3 rings (SSSR count). The highest BCUT2D eigenvalue weighted by atomic mass is 35.5. The second-order valence-corrected chi connectivity index (χ2v) is 8.60. The number of alkyl halides is 3. The highest BCUT2D eigenvalue weighted by molar-refractivity contribution is 7.98. The van der Waals surface area contributed by atoms with Crippen molar-refractivity contribution in [1.82, 2.24) is 4.98 Å². The Morgan fingerprint density at radius 1 is 1.24 bits per heavy atom. The summed E-state index contributed by atoms with van der Waals surface area (Å²) in [6.45, 7) is 1.91. The number of thiazole rings is 1. The monoisotopic (exact) mass is 456 g/mol. The Balaban J connectivity index is 1.58. The van der Waals surface area contributed by atoms with Crippen molar-refractivity contribution in [2.24, 2.45) is 0 Å². The van der Waals surface area contributed by atoms with Gasteiger partial charge in [0.1, 0.15) is 5.01 Å². The first kappa shape index (κ1) is 21.7. The van der Waals surface area contributed by atoms with Crippen molar-refractivity contribution in [3.63, 3.8) is 0 Å². The fourth-order valence-corrected chi connectivity index (χ4v) is 4.46. The molecule has 3 aromatic rings. The summed E-state index contributed by atoms with van der Waals surface area (Å²) in [5.74, 6) is 0.231. The number of aryl methyl sites for hydroxylation is 1. The van der Waals surface area contributed by atoms with Crippen LogP contribution in [0.1, 0.15) is 21.8 Å². The molecule has 2 aromatic carbocycles. The van der Waals surface area contributed by atoms with E-state index in [-0.39, 0.29) is 17.4 Å². The molecule has 1 heterocycles. The molecule has 152 valence electrons. The minimum absolute atomic E-state index is 0.142. The minimum Gasteiger partial charge on any atom is -0.325 e. The predicted octanol–water partition coefficient (Wildman–Crippen LogP) is 6.60. The van der Waals surface area contributed by atoms with E-state index in [0.717, 1.165) is 17.3 Å². The number of halogens is 4. The molecule has 0 aliphatic rings. The first-order valence-corrected chi connectivity index (χ1v) is 10.7. The number of carbonyl (C=O) groups is 1. The van der Waals surface area contributed by atoms with Gasteiger partial charge < -0.3 is 5.32 Å². The van der Waals surface area contributed by atoms with Crippen LogP contribution in [0.25, 0.3) is 0 Å². The Bertz CT molecular complexity index is 1020. The normalized spacial score (nSPS) is 11.5. The number of nitrogens with one attached hydrogen (secondary N) is 1. The smallest absolute Gasteiger partial charge is 0.325 e. The van der Waals surface area contributed by atoms with Crippen LogP contribution in [-0.4, -0.2) is 10.9 Å². The lowest BCUT2D eigenvalue weighted by Gasteiger charge is -2.10. The van der Waals surface area contributed by atoms with Gasteiger partial charge in [0.15, 0.2) is 0 Å². The van der Waals surface area contributed by atoms with E-state index in [0.29, 0.717) is 21.3 Å². The molecule has 0 bridgehead atoms. The Morgan fingerprint density at radius 3 is 2.72 bits per heavy atom. The zero-order valence-electron chi connectivity index (χ0n) is 15.2. The van der Waals surface area contributed by atoms with E-state index in [1.54, 1.807) is 6.07 Å². The summed E-state index contributed by atoms with van der Waals surface area (Å²) >= 11 is 8.23. The molecule has 1 N–H and O–H groups in total. The second kappa shape index (κ2) is 9.19. The Kier molecular flexibility index (Phi) is 6.87. The van der Waals surface area contributed by atoms with Crippen molar-refractivity contribution in [1.29, 1.82) is 0 Å². The Morgan fingerprint density at radius 2 is 2.00 bits per heavy atom. The summed E-state index contributed by atoms with van der Waals surface area (Å²) in [5.41, 5.74) is 1.59. The maximum absolute atomic E-state index is 13.0. The number of hydrogen-bond acceptors (Lipinski definition) is 4. The zero-order chi connectivity index (χ0) is 21.0. The van der Waals surface area contributed by atoms with Gasteiger partial charge in [-0.3, -0.25) is 4.79 Å². The molecule has 0 unspecified atom stereocenters. The van der Waals surface area contributed by atoms with E-state index < -0.39 is 11.7 Å².